The summed E-state index contributed by atoms with van der Waals surface area (Å²) in [5.74, 6) is -1.20. The first-order chi connectivity index (χ1) is 14.5. The molecule has 0 heterocycles. The van der Waals surface area contributed by atoms with Gasteiger partial charge in [-0.1, -0.05) is 13.8 Å². The predicted molar refractivity (Wildman–Crippen MR) is 120 cm³/mol. The number of unbranched alkanes of at least 4 members (excludes halogenated alkanes) is 2. The SMILES string of the molecule is CC(NCCCC[C@H](N)C(=O)N[C@@H](CCCCN)C(N)=O)=C1C(=O)CC(C)(C)CC1=O. The van der Waals surface area contributed by atoms with Crippen LogP contribution in [-0.4, -0.2) is 48.6 Å². The summed E-state index contributed by atoms with van der Waals surface area (Å²) in [5, 5.41) is 5.76. The third kappa shape index (κ3) is 9.18. The van der Waals surface area contributed by atoms with E-state index in [0.717, 1.165) is 12.8 Å². The van der Waals surface area contributed by atoms with Crippen molar-refractivity contribution in [2.24, 2.45) is 22.6 Å². The van der Waals surface area contributed by atoms with Gasteiger partial charge in [0, 0.05) is 25.1 Å². The lowest BCUT2D eigenvalue weighted by Gasteiger charge is -2.29. The number of hydrogen-bond donors (Lipinski definition) is 5. The summed E-state index contributed by atoms with van der Waals surface area (Å²) in [5.41, 5.74) is 17.3. The highest BCUT2D eigenvalue weighted by molar-refractivity contribution is 6.22. The minimum Gasteiger partial charge on any atom is -0.388 e. The van der Waals surface area contributed by atoms with E-state index in [2.05, 4.69) is 10.6 Å². The van der Waals surface area contributed by atoms with Crippen LogP contribution in [0.4, 0.5) is 0 Å². The number of rotatable bonds is 13. The number of carbonyl (C=O) groups is 4. The fraction of sp³-hybridized carbons (Fsp3) is 0.727. The van der Waals surface area contributed by atoms with Crippen molar-refractivity contribution in [3.63, 3.8) is 0 Å². The van der Waals surface area contributed by atoms with Crippen molar-refractivity contribution in [3.8, 4) is 0 Å². The fourth-order valence-electron chi connectivity index (χ4n) is 3.72. The van der Waals surface area contributed by atoms with Gasteiger partial charge in [0.2, 0.25) is 11.8 Å². The monoisotopic (exact) mass is 437 g/mol. The van der Waals surface area contributed by atoms with Crippen molar-refractivity contribution < 1.29 is 19.2 Å². The number of Topliss-reactive ketones (excluding diaryl/α,β-unsaturated/α-hetero) is 2. The van der Waals surface area contributed by atoms with Crippen LogP contribution in [0, 0.1) is 5.41 Å². The lowest BCUT2D eigenvalue weighted by Crippen LogP contribution is -2.50. The highest BCUT2D eigenvalue weighted by Crippen LogP contribution is 2.34. The van der Waals surface area contributed by atoms with Gasteiger partial charge >= 0.3 is 0 Å². The molecule has 0 aromatic carbocycles. The van der Waals surface area contributed by atoms with Gasteiger partial charge < -0.3 is 27.8 Å². The van der Waals surface area contributed by atoms with Crippen LogP contribution in [0.3, 0.4) is 0 Å². The Morgan fingerprint density at radius 3 is 2.16 bits per heavy atom. The number of allylic oxidation sites excluding steroid dienone is 2. The zero-order valence-corrected chi connectivity index (χ0v) is 19.1. The zero-order valence-electron chi connectivity index (χ0n) is 19.1. The molecule has 0 unspecified atom stereocenters. The summed E-state index contributed by atoms with van der Waals surface area (Å²) in [7, 11) is 0. The minimum absolute atomic E-state index is 0.111. The Morgan fingerprint density at radius 1 is 1.03 bits per heavy atom. The Hall–Kier alpha value is -2.26. The van der Waals surface area contributed by atoms with Gasteiger partial charge in [-0.15, -0.1) is 0 Å². The topological polar surface area (TPSA) is 170 Å². The summed E-state index contributed by atoms with van der Waals surface area (Å²) in [6.07, 6.45) is 4.47. The van der Waals surface area contributed by atoms with Crippen molar-refractivity contribution in [2.75, 3.05) is 13.1 Å². The van der Waals surface area contributed by atoms with Crippen LogP contribution in [0.2, 0.25) is 0 Å². The first kappa shape index (κ1) is 26.8. The third-order valence-electron chi connectivity index (χ3n) is 5.49. The Bertz CT molecular complexity index is 680. The van der Waals surface area contributed by atoms with Crippen LogP contribution in [0.15, 0.2) is 11.3 Å². The predicted octanol–water partition coefficient (Wildman–Crippen LogP) is 0.405. The zero-order chi connectivity index (χ0) is 23.6. The van der Waals surface area contributed by atoms with E-state index in [1.807, 2.05) is 13.8 Å². The lowest BCUT2D eigenvalue weighted by atomic mass is 9.73. The molecule has 2 atom stereocenters. The molecule has 0 saturated heterocycles. The van der Waals surface area contributed by atoms with E-state index in [4.69, 9.17) is 17.2 Å². The van der Waals surface area contributed by atoms with Gasteiger partial charge in [-0.25, -0.2) is 0 Å². The Labute approximate surface area is 184 Å². The Balaban J connectivity index is 2.40. The van der Waals surface area contributed by atoms with Crippen LogP contribution in [0.25, 0.3) is 0 Å². The van der Waals surface area contributed by atoms with Crippen molar-refractivity contribution in [1.82, 2.24) is 10.6 Å². The third-order valence-corrected chi connectivity index (χ3v) is 5.49. The van der Waals surface area contributed by atoms with Crippen LogP contribution < -0.4 is 27.8 Å². The fourth-order valence-corrected chi connectivity index (χ4v) is 3.72. The average Bonchev–Trinajstić information content (AvgIpc) is 2.64. The second kappa shape index (κ2) is 12.6. The van der Waals surface area contributed by atoms with Gasteiger partial charge in [0.1, 0.15) is 6.04 Å². The molecule has 1 saturated carbocycles. The quantitative estimate of drug-likeness (QED) is 0.158. The van der Waals surface area contributed by atoms with Gasteiger partial charge in [0.15, 0.2) is 11.6 Å². The molecule has 8 N–H and O–H groups in total. The highest BCUT2D eigenvalue weighted by atomic mass is 16.2. The Kier molecular flexibility index (Phi) is 10.8. The molecule has 0 bridgehead atoms. The second-order valence-corrected chi connectivity index (χ2v) is 9.14. The summed E-state index contributed by atoms with van der Waals surface area (Å²) >= 11 is 0. The minimum atomic E-state index is -0.739. The molecule has 0 spiro atoms. The van der Waals surface area contributed by atoms with E-state index in [9.17, 15) is 19.2 Å². The summed E-state index contributed by atoms with van der Waals surface area (Å²) in [6, 6.07) is -1.48. The first-order valence-corrected chi connectivity index (χ1v) is 11.0. The molecule has 0 aliphatic heterocycles. The molecular formula is C22H39N5O4. The molecule has 0 aromatic rings. The maximum atomic E-state index is 12.3. The molecule has 9 nitrogen and oxygen atoms in total. The number of amides is 2. The number of carbonyl (C=O) groups excluding carboxylic acids is 4. The van der Waals surface area contributed by atoms with Crippen molar-refractivity contribution >= 4 is 23.4 Å². The summed E-state index contributed by atoms with van der Waals surface area (Å²) in [6.45, 7) is 6.68. The maximum absolute atomic E-state index is 12.3. The molecular weight excluding hydrogens is 398 g/mol. The van der Waals surface area contributed by atoms with Gasteiger partial charge in [-0.3, -0.25) is 19.2 Å². The number of nitrogens with one attached hydrogen (secondary N) is 2. The van der Waals surface area contributed by atoms with Gasteiger partial charge in [0.05, 0.1) is 11.6 Å². The summed E-state index contributed by atoms with van der Waals surface area (Å²) < 4.78 is 0. The van der Waals surface area contributed by atoms with Gasteiger partial charge in [-0.2, -0.15) is 0 Å². The Morgan fingerprint density at radius 2 is 1.61 bits per heavy atom. The van der Waals surface area contributed by atoms with Crippen molar-refractivity contribution in [3.05, 3.63) is 11.3 Å². The lowest BCUT2D eigenvalue weighted by molar-refractivity contribution is -0.128. The molecule has 9 heteroatoms. The van der Waals surface area contributed by atoms with Gasteiger partial charge in [0.25, 0.3) is 0 Å². The van der Waals surface area contributed by atoms with E-state index in [1.54, 1.807) is 6.92 Å². The molecule has 1 aliphatic carbocycles. The van der Waals surface area contributed by atoms with Crippen molar-refractivity contribution in [1.29, 1.82) is 0 Å². The largest absolute Gasteiger partial charge is 0.388 e. The van der Waals surface area contributed by atoms with Crippen LogP contribution in [0.5, 0.6) is 0 Å². The molecule has 2 amide bonds. The molecule has 1 fully saturated rings. The normalized spacial score (nSPS) is 17.8. The second-order valence-electron chi connectivity index (χ2n) is 9.14. The van der Waals surface area contributed by atoms with Crippen LogP contribution in [0.1, 0.15) is 72.1 Å². The molecule has 1 rings (SSSR count). The van der Waals surface area contributed by atoms with E-state index < -0.39 is 23.9 Å². The molecule has 1 aliphatic rings. The summed E-state index contributed by atoms with van der Waals surface area (Å²) in [4.78, 5) is 48.4. The molecule has 176 valence electrons. The number of nitrogens with two attached hydrogens (primary N) is 3. The van der Waals surface area contributed by atoms with E-state index in [1.165, 1.54) is 0 Å². The number of primary amides is 1. The van der Waals surface area contributed by atoms with E-state index in [0.29, 0.717) is 57.3 Å². The average molecular weight is 438 g/mol. The number of ketones is 2. The molecule has 31 heavy (non-hydrogen) atoms. The maximum Gasteiger partial charge on any atom is 0.240 e. The molecule has 0 aromatic heterocycles. The molecule has 0 radical (unpaired) electrons. The standard InChI is InChI=1S/C22H39N5O4/c1-14(19-17(28)12-22(2,3)13-18(19)29)26-11-7-5-8-15(24)21(31)27-16(20(25)30)9-4-6-10-23/h15-16,26H,4-13,23-24H2,1-3H3,(H2,25,30)(H,27,31)/t15-,16-/m0/s1. The van der Waals surface area contributed by atoms with Gasteiger partial charge in [-0.05, 0) is 57.4 Å². The van der Waals surface area contributed by atoms with Crippen LogP contribution in [-0.2, 0) is 19.2 Å². The smallest absolute Gasteiger partial charge is 0.240 e. The van der Waals surface area contributed by atoms with E-state index in [-0.39, 0.29) is 22.6 Å². The highest BCUT2D eigenvalue weighted by Gasteiger charge is 2.36. The van der Waals surface area contributed by atoms with E-state index >= 15 is 0 Å². The first-order valence-electron chi connectivity index (χ1n) is 11.0. The van der Waals surface area contributed by atoms with Crippen molar-refractivity contribution in [2.45, 2.75) is 84.2 Å². The number of hydrogen-bond acceptors (Lipinski definition) is 7. The van der Waals surface area contributed by atoms with Crippen LogP contribution >= 0.6 is 0 Å².